The van der Waals surface area contributed by atoms with Gasteiger partial charge in [0.1, 0.15) is 5.75 Å². The van der Waals surface area contributed by atoms with E-state index in [1.165, 1.54) is 9.75 Å². The predicted molar refractivity (Wildman–Crippen MR) is 77.5 cm³/mol. The standard InChI is InChI=1S/C14H16N2O2S/c1-10-2-7-13(19-10)8-16-11-3-5-12(6-4-11)18-9-14(15)17/h2-7,16H,8-9H2,1H3,(H2,15,17). The lowest BCUT2D eigenvalue weighted by atomic mass is 10.3. The Morgan fingerprint density at radius 2 is 2.00 bits per heavy atom. The number of carbonyl (C=O) groups excluding carboxylic acids is 1. The van der Waals surface area contributed by atoms with E-state index in [1.54, 1.807) is 11.3 Å². The van der Waals surface area contributed by atoms with Crippen LogP contribution in [0.15, 0.2) is 36.4 Å². The maximum absolute atomic E-state index is 10.6. The number of nitrogens with one attached hydrogen (secondary N) is 1. The highest BCUT2D eigenvalue weighted by Crippen LogP contribution is 2.19. The highest BCUT2D eigenvalue weighted by molar-refractivity contribution is 7.11. The number of primary amides is 1. The molecule has 5 heteroatoms. The van der Waals surface area contributed by atoms with Gasteiger partial charge in [-0.15, -0.1) is 11.3 Å². The van der Waals surface area contributed by atoms with E-state index in [4.69, 9.17) is 10.5 Å². The first kappa shape index (κ1) is 13.4. The van der Waals surface area contributed by atoms with Crippen LogP contribution in [0.4, 0.5) is 5.69 Å². The molecule has 1 aromatic heterocycles. The number of hydrogen-bond acceptors (Lipinski definition) is 4. The van der Waals surface area contributed by atoms with Crippen molar-refractivity contribution in [2.75, 3.05) is 11.9 Å². The average molecular weight is 276 g/mol. The van der Waals surface area contributed by atoms with Crippen LogP contribution in [0.1, 0.15) is 9.75 Å². The van der Waals surface area contributed by atoms with Gasteiger partial charge in [0.05, 0.1) is 0 Å². The fraction of sp³-hybridized carbons (Fsp3) is 0.214. The summed E-state index contributed by atoms with van der Waals surface area (Å²) in [4.78, 5) is 13.2. The number of hydrogen-bond donors (Lipinski definition) is 2. The minimum Gasteiger partial charge on any atom is -0.484 e. The molecule has 0 saturated carbocycles. The van der Waals surface area contributed by atoms with E-state index in [0.717, 1.165) is 12.2 Å². The molecule has 0 atom stereocenters. The summed E-state index contributed by atoms with van der Waals surface area (Å²) in [6, 6.07) is 11.7. The number of rotatable bonds is 6. The van der Waals surface area contributed by atoms with Crippen LogP contribution in [0.5, 0.6) is 5.75 Å². The van der Waals surface area contributed by atoms with Gasteiger partial charge in [-0.2, -0.15) is 0 Å². The molecule has 0 saturated heterocycles. The molecule has 0 unspecified atom stereocenters. The van der Waals surface area contributed by atoms with Crippen molar-refractivity contribution in [2.45, 2.75) is 13.5 Å². The Labute approximate surface area is 116 Å². The minimum atomic E-state index is -0.477. The van der Waals surface area contributed by atoms with Gasteiger partial charge in [-0.25, -0.2) is 0 Å². The Bertz CT molecular complexity index is 549. The topological polar surface area (TPSA) is 64.3 Å². The Hall–Kier alpha value is -2.01. The van der Waals surface area contributed by atoms with Crippen molar-refractivity contribution in [1.29, 1.82) is 0 Å². The van der Waals surface area contributed by atoms with Crippen LogP contribution in [0.3, 0.4) is 0 Å². The van der Waals surface area contributed by atoms with Gasteiger partial charge >= 0.3 is 0 Å². The molecule has 2 aromatic rings. The molecule has 1 amide bonds. The lowest BCUT2D eigenvalue weighted by molar-refractivity contribution is -0.119. The number of carbonyl (C=O) groups is 1. The molecule has 0 spiro atoms. The summed E-state index contributed by atoms with van der Waals surface area (Å²) in [6.45, 7) is 2.81. The second kappa shape index (κ2) is 6.24. The van der Waals surface area contributed by atoms with E-state index < -0.39 is 5.91 Å². The fourth-order valence-electron chi connectivity index (χ4n) is 1.59. The molecule has 100 valence electrons. The van der Waals surface area contributed by atoms with E-state index in [0.29, 0.717) is 5.75 Å². The lowest BCUT2D eigenvalue weighted by Crippen LogP contribution is -2.19. The van der Waals surface area contributed by atoms with Gasteiger partial charge in [-0.05, 0) is 43.3 Å². The lowest BCUT2D eigenvalue weighted by Gasteiger charge is -2.07. The first-order chi connectivity index (χ1) is 9.13. The number of amides is 1. The van der Waals surface area contributed by atoms with Crippen LogP contribution in [-0.4, -0.2) is 12.5 Å². The van der Waals surface area contributed by atoms with Gasteiger partial charge < -0.3 is 15.8 Å². The molecule has 0 fully saturated rings. The average Bonchev–Trinajstić information content (AvgIpc) is 2.81. The van der Waals surface area contributed by atoms with E-state index >= 15 is 0 Å². The van der Waals surface area contributed by atoms with Crippen LogP contribution in [0.25, 0.3) is 0 Å². The molecule has 0 aliphatic rings. The third-order valence-electron chi connectivity index (χ3n) is 2.50. The van der Waals surface area contributed by atoms with Gasteiger partial charge in [0.2, 0.25) is 0 Å². The third kappa shape index (κ3) is 4.30. The van der Waals surface area contributed by atoms with Crippen molar-refractivity contribution in [3.63, 3.8) is 0 Å². The largest absolute Gasteiger partial charge is 0.484 e. The Morgan fingerprint density at radius 3 is 2.58 bits per heavy atom. The van der Waals surface area contributed by atoms with Crippen molar-refractivity contribution < 1.29 is 9.53 Å². The van der Waals surface area contributed by atoms with E-state index in [-0.39, 0.29) is 6.61 Å². The molecular weight excluding hydrogens is 260 g/mol. The van der Waals surface area contributed by atoms with Crippen LogP contribution in [-0.2, 0) is 11.3 Å². The highest BCUT2D eigenvalue weighted by Gasteiger charge is 1.99. The normalized spacial score (nSPS) is 10.2. The van der Waals surface area contributed by atoms with Gasteiger partial charge in [-0.1, -0.05) is 0 Å². The number of thiophene rings is 1. The SMILES string of the molecule is Cc1ccc(CNc2ccc(OCC(N)=O)cc2)s1. The molecular formula is C14H16N2O2S. The van der Waals surface area contributed by atoms with E-state index in [2.05, 4.69) is 24.4 Å². The quantitative estimate of drug-likeness (QED) is 0.852. The van der Waals surface area contributed by atoms with Crippen LogP contribution >= 0.6 is 11.3 Å². The van der Waals surface area contributed by atoms with Crippen molar-refractivity contribution in [1.82, 2.24) is 0 Å². The van der Waals surface area contributed by atoms with Crippen LogP contribution in [0, 0.1) is 6.92 Å². The Kier molecular flexibility index (Phi) is 4.41. The zero-order valence-corrected chi connectivity index (χ0v) is 11.5. The zero-order chi connectivity index (χ0) is 13.7. The smallest absolute Gasteiger partial charge is 0.255 e. The monoisotopic (exact) mass is 276 g/mol. The summed E-state index contributed by atoms with van der Waals surface area (Å²) in [6.07, 6.45) is 0. The Morgan fingerprint density at radius 1 is 1.26 bits per heavy atom. The molecule has 2 rings (SSSR count). The van der Waals surface area contributed by atoms with Crippen molar-refractivity contribution in [3.8, 4) is 5.75 Å². The molecule has 19 heavy (non-hydrogen) atoms. The van der Waals surface area contributed by atoms with Crippen molar-refractivity contribution >= 4 is 22.9 Å². The van der Waals surface area contributed by atoms with Crippen molar-refractivity contribution in [2.24, 2.45) is 5.73 Å². The second-order valence-electron chi connectivity index (χ2n) is 4.15. The first-order valence-corrected chi connectivity index (χ1v) is 6.75. The summed E-state index contributed by atoms with van der Waals surface area (Å²) in [5.74, 6) is 0.159. The molecule has 0 aliphatic heterocycles. The van der Waals surface area contributed by atoms with Gasteiger partial charge in [-0.3, -0.25) is 4.79 Å². The third-order valence-corrected chi connectivity index (χ3v) is 3.50. The summed E-state index contributed by atoms with van der Waals surface area (Å²) in [7, 11) is 0. The zero-order valence-electron chi connectivity index (χ0n) is 10.7. The Balaban J connectivity index is 1.86. The van der Waals surface area contributed by atoms with Gasteiger partial charge in [0.15, 0.2) is 6.61 Å². The molecule has 1 heterocycles. The van der Waals surface area contributed by atoms with Crippen molar-refractivity contribution in [3.05, 3.63) is 46.2 Å². The summed E-state index contributed by atoms with van der Waals surface area (Å²) >= 11 is 1.78. The number of anilines is 1. The molecule has 1 aromatic carbocycles. The summed E-state index contributed by atoms with van der Waals surface area (Å²) < 4.78 is 5.19. The maximum Gasteiger partial charge on any atom is 0.255 e. The number of nitrogens with two attached hydrogens (primary N) is 1. The maximum atomic E-state index is 10.6. The van der Waals surface area contributed by atoms with E-state index in [9.17, 15) is 4.79 Å². The fourth-order valence-corrected chi connectivity index (χ4v) is 2.42. The molecule has 3 N–H and O–H groups in total. The second-order valence-corrected chi connectivity index (χ2v) is 5.52. The van der Waals surface area contributed by atoms with Crippen LogP contribution in [0.2, 0.25) is 0 Å². The van der Waals surface area contributed by atoms with Crippen LogP contribution < -0.4 is 15.8 Å². The van der Waals surface area contributed by atoms with E-state index in [1.807, 2.05) is 24.3 Å². The molecule has 0 radical (unpaired) electrons. The minimum absolute atomic E-state index is 0.0960. The summed E-state index contributed by atoms with van der Waals surface area (Å²) in [5, 5.41) is 3.33. The van der Waals surface area contributed by atoms with Gasteiger partial charge in [0.25, 0.3) is 5.91 Å². The first-order valence-electron chi connectivity index (χ1n) is 5.94. The molecule has 4 nitrogen and oxygen atoms in total. The number of ether oxygens (including phenoxy) is 1. The molecule has 0 aliphatic carbocycles. The number of aryl methyl sites for hydroxylation is 1. The number of benzene rings is 1. The van der Waals surface area contributed by atoms with Gasteiger partial charge in [0, 0.05) is 22.0 Å². The molecule has 0 bridgehead atoms. The predicted octanol–water partition coefficient (Wildman–Crippen LogP) is 2.53. The highest BCUT2D eigenvalue weighted by atomic mass is 32.1. The summed E-state index contributed by atoms with van der Waals surface area (Å²) in [5.41, 5.74) is 6.02.